The van der Waals surface area contributed by atoms with Gasteiger partial charge in [0.1, 0.15) is 5.82 Å². The van der Waals surface area contributed by atoms with Gasteiger partial charge in [0.25, 0.3) is 11.5 Å². The number of aliphatic hydroxyl groups is 1. The minimum Gasteiger partial charge on any atom is -0.394 e. The summed E-state index contributed by atoms with van der Waals surface area (Å²) in [7, 11) is 1.49. The van der Waals surface area contributed by atoms with Crippen molar-refractivity contribution >= 4 is 17.3 Å². The number of rotatable bonds is 6. The molecule has 0 saturated heterocycles. The molecule has 0 aliphatic carbocycles. The van der Waals surface area contributed by atoms with E-state index in [1.807, 2.05) is 0 Å². The maximum Gasteiger partial charge on any atom is 0.278 e. The Morgan fingerprint density at radius 1 is 1.33 bits per heavy atom. The van der Waals surface area contributed by atoms with Crippen molar-refractivity contribution in [1.82, 2.24) is 10.0 Å². The van der Waals surface area contributed by atoms with E-state index in [9.17, 15) is 14.0 Å². The minimum absolute atomic E-state index is 0.0765. The molecule has 2 rings (SSSR count). The van der Waals surface area contributed by atoms with Gasteiger partial charge in [-0.15, -0.1) is 0 Å². The van der Waals surface area contributed by atoms with E-state index in [0.29, 0.717) is 0 Å². The number of amides is 1. The molecule has 0 aliphatic rings. The fourth-order valence-corrected chi connectivity index (χ4v) is 2.00. The van der Waals surface area contributed by atoms with Crippen molar-refractivity contribution in [3.05, 3.63) is 57.8 Å². The molecule has 2 aromatic rings. The van der Waals surface area contributed by atoms with Crippen LogP contribution in [0.25, 0.3) is 0 Å². The predicted octanol–water partition coefficient (Wildman–Crippen LogP) is 1.23. The number of carbonyl (C=O) groups is 1. The smallest absolute Gasteiger partial charge is 0.278 e. The largest absolute Gasteiger partial charge is 0.394 e. The first-order chi connectivity index (χ1) is 11.4. The molecule has 0 unspecified atom stereocenters. The Bertz CT molecular complexity index is 804. The molecule has 8 heteroatoms. The molecule has 1 aromatic carbocycles. The molecule has 1 aromatic heterocycles. The lowest BCUT2D eigenvalue weighted by Crippen LogP contribution is -2.28. The van der Waals surface area contributed by atoms with Gasteiger partial charge in [0, 0.05) is 19.3 Å². The summed E-state index contributed by atoms with van der Waals surface area (Å²) in [6, 6.07) is 5.76. The Balaban J connectivity index is 2.35. The van der Waals surface area contributed by atoms with Crippen LogP contribution < -0.4 is 16.4 Å². The summed E-state index contributed by atoms with van der Waals surface area (Å²) in [5.41, 5.74) is 2.91. The van der Waals surface area contributed by atoms with Crippen molar-refractivity contribution in [2.45, 2.75) is 6.92 Å². The van der Waals surface area contributed by atoms with E-state index in [4.69, 9.17) is 9.94 Å². The van der Waals surface area contributed by atoms with Crippen molar-refractivity contribution in [1.29, 1.82) is 0 Å². The van der Waals surface area contributed by atoms with Crippen LogP contribution in [0, 0.1) is 12.7 Å². The van der Waals surface area contributed by atoms with E-state index in [0.717, 1.165) is 5.56 Å². The summed E-state index contributed by atoms with van der Waals surface area (Å²) in [5.74, 6) is -1.13. The number of aliphatic hydroxyl groups excluding tert-OH is 1. The van der Waals surface area contributed by atoms with Gasteiger partial charge in [-0.2, -0.15) is 0 Å². The Hall–Kier alpha value is -2.71. The van der Waals surface area contributed by atoms with E-state index in [1.54, 1.807) is 13.0 Å². The van der Waals surface area contributed by atoms with Crippen molar-refractivity contribution in [2.75, 3.05) is 18.5 Å². The maximum absolute atomic E-state index is 14.0. The number of anilines is 2. The second-order valence-electron chi connectivity index (χ2n) is 5.16. The summed E-state index contributed by atoms with van der Waals surface area (Å²) < 4.78 is 15.2. The van der Waals surface area contributed by atoms with Crippen molar-refractivity contribution in [2.24, 2.45) is 7.05 Å². The molecule has 0 atom stereocenters. The summed E-state index contributed by atoms with van der Waals surface area (Å²) in [4.78, 5) is 28.8. The number of aromatic nitrogens is 1. The number of hydrogen-bond acceptors (Lipinski definition) is 5. The molecule has 0 saturated carbocycles. The molecule has 3 N–H and O–H groups in total. The Labute approximate surface area is 137 Å². The summed E-state index contributed by atoms with van der Waals surface area (Å²) in [6.45, 7) is 1.42. The number of nitrogens with zero attached hydrogens (tertiary/aromatic N) is 1. The van der Waals surface area contributed by atoms with Crippen LogP contribution in [-0.2, 0) is 11.9 Å². The average molecular weight is 335 g/mol. The first-order valence-electron chi connectivity index (χ1n) is 7.19. The number of halogens is 1. The third-order valence-electron chi connectivity index (χ3n) is 3.23. The maximum atomic E-state index is 14.0. The van der Waals surface area contributed by atoms with Crippen LogP contribution in [0.3, 0.4) is 0 Å². The molecule has 0 fully saturated rings. The molecule has 0 bridgehead atoms. The molecule has 0 spiro atoms. The number of pyridine rings is 1. The van der Waals surface area contributed by atoms with Crippen LogP contribution in [0.2, 0.25) is 0 Å². The Kier molecular flexibility index (Phi) is 5.67. The zero-order valence-corrected chi connectivity index (χ0v) is 13.3. The quantitative estimate of drug-likeness (QED) is 0.545. The molecular formula is C16H18FN3O4. The Morgan fingerprint density at radius 2 is 2.08 bits per heavy atom. The zero-order chi connectivity index (χ0) is 17.7. The molecule has 1 heterocycles. The van der Waals surface area contributed by atoms with Gasteiger partial charge in [0.15, 0.2) is 0 Å². The van der Waals surface area contributed by atoms with E-state index in [1.165, 1.54) is 36.0 Å². The number of hydroxylamine groups is 1. The van der Waals surface area contributed by atoms with Crippen LogP contribution in [0.5, 0.6) is 0 Å². The predicted molar refractivity (Wildman–Crippen MR) is 86.6 cm³/mol. The fraction of sp³-hybridized carbons (Fsp3) is 0.250. The minimum atomic E-state index is -0.630. The van der Waals surface area contributed by atoms with Crippen molar-refractivity contribution in [3.63, 3.8) is 0 Å². The second kappa shape index (κ2) is 7.71. The van der Waals surface area contributed by atoms with Gasteiger partial charge in [-0.3, -0.25) is 14.4 Å². The van der Waals surface area contributed by atoms with Crippen LogP contribution in [-0.4, -0.2) is 28.8 Å². The molecule has 128 valence electrons. The number of nitrogens with one attached hydrogen (secondary N) is 2. The number of hydrogen-bond donors (Lipinski definition) is 3. The fourth-order valence-electron chi connectivity index (χ4n) is 2.00. The summed E-state index contributed by atoms with van der Waals surface area (Å²) in [5, 5.41) is 11.4. The third-order valence-corrected chi connectivity index (χ3v) is 3.23. The topological polar surface area (TPSA) is 92.6 Å². The molecule has 1 amide bonds. The first-order valence-corrected chi connectivity index (χ1v) is 7.19. The van der Waals surface area contributed by atoms with Crippen molar-refractivity contribution in [3.8, 4) is 0 Å². The molecule has 0 aliphatic heterocycles. The van der Waals surface area contributed by atoms with Crippen LogP contribution in [0.1, 0.15) is 15.9 Å². The van der Waals surface area contributed by atoms with E-state index in [-0.39, 0.29) is 35.7 Å². The molecular weight excluding hydrogens is 317 g/mol. The molecule has 0 radical (unpaired) electrons. The van der Waals surface area contributed by atoms with Crippen LogP contribution in [0.15, 0.2) is 35.3 Å². The van der Waals surface area contributed by atoms with Gasteiger partial charge in [-0.1, -0.05) is 6.07 Å². The number of aryl methyl sites for hydroxylation is 2. The molecule has 7 nitrogen and oxygen atoms in total. The van der Waals surface area contributed by atoms with E-state index in [2.05, 4.69) is 10.8 Å². The van der Waals surface area contributed by atoms with Crippen LogP contribution >= 0.6 is 0 Å². The van der Waals surface area contributed by atoms with Gasteiger partial charge in [-0.05, 0) is 24.6 Å². The highest BCUT2D eigenvalue weighted by Gasteiger charge is 2.15. The Morgan fingerprint density at radius 3 is 2.75 bits per heavy atom. The second-order valence-corrected chi connectivity index (χ2v) is 5.16. The lowest BCUT2D eigenvalue weighted by Gasteiger charge is -2.14. The van der Waals surface area contributed by atoms with E-state index >= 15 is 0 Å². The summed E-state index contributed by atoms with van der Waals surface area (Å²) >= 11 is 0. The standard InChI is InChI=1S/C16H18FN3O4/c1-10-3-4-13(12(17)7-10)18-14-8-15(22)20(2)9-11(14)16(23)19-24-6-5-21/h3-4,7-9,18,21H,5-6H2,1-2H3,(H,19,23). The van der Waals surface area contributed by atoms with Gasteiger partial charge in [-0.25, -0.2) is 9.87 Å². The van der Waals surface area contributed by atoms with Gasteiger partial charge >= 0.3 is 0 Å². The summed E-state index contributed by atoms with van der Waals surface area (Å²) in [6.07, 6.45) is 1.31. The number of benzene rings is 1. The third kappa shape index (κ3) is 4.18. The van der Waals surface area contributed by atoms with Crippen LogP contribution in [0.4, 0.5) is 15.8 Å². The number of carbonyl (C=O) groups excluding carboxylic acids is 1. The van der Waals surface area contributed by atoms with E-state index < -0.39 is 11.7 Å². The highest BCUT2D eigenvalue weighted by Crippen LogP contribution is 2.22. The monoisotopic (exact) mass is 335 g/mol. The normalized spacial score (nSPS) is 10.5. The highest BCUT2D eigenvalue weighted by molar-refractivity contribution is 5.99. The average Bonchev–Trinajstić information content (AvgIpc) is 2.53. The SMILES string of the molecule is Cc1ccc(Nc2cc(=O)n(C)cc2C(=O)NOCCO)c(F)c1. The molecule has 24 heavy (non-hydrogen) atoms. The lowest BCUT2D eigenvalue weighted by atomic mass is 10.2. The van der Waals surface area contributed by atoms with Gasteiger partial charge < -0.3 is 15.0 Å². The van der Waals surface area contributed by atoms with Gasteiger partial charge in [0.2, 0.25) is 0 Å². The highest BCUT2D eigenvalue weighted by atomic mass is 19.1. The van der Waals surface area contributed by atoms with Crippen molar-refractivity contribution < 1.29 is 19.1 Å². The zero-order valence-electron chi connectivity index (χ0n) is 13.3. The lowest BCUT2D eigenvalue weighted by molar-refractivity contribution is 0.0168. The first kappa shape index (κ1) is 17.6. The van der Waals surface area contributed by atoms with Gasteiger partial charge in [0.05, 0.1) is 30.2 Å².